The normalized spacial score (nSPS) is 22.0. The Morgan fingerprint density at radius 2 is 2.05 bits per heavy atom. The van der Waals surface area contributed by atoms with Gasteiger partial charge in [-0.15, -0.1) is 0 Å². The van der Waals surface area contributed by atoms with Gasteiger partial charge in [-0.05, 0) is 37.3 Å². The zero-order valence-corrected chi connectivity index (χ0v) is 13.3. The second-order valence-corrected chi connectivity index (χ2v) is 6.20. The quantitative estimate of drug-likeness (QED) is 0.734. The van der Waals surface area contributed by atoms with E-state index in [2.05, 4.69) is 47.5 Å². The molecule has 3 nitrogen and oxygen atoms in total. The number of rotatable bonds is 9. The van der Waals surface area contributed by atoms with Gasteiger partial charge in [-0.25, -0.2) is 0 Å². The third-order valence-electron chi connectivity index (χ3n) is 4.47. The minimum Gasteiger partial charge on any atom is -0.395 e. The Morgan fingerprint density at radius 1 is 1.24 bits per heavy atom. The van der Waals surface area contributed by atoms with Crippen LogP contribution < -0.4 is 5.32 Å². The molecule has 1 aliphatic carbocycles. The van der Waals surface area contributed by atoms with Crippen molar-refractivity contribution in [1.29, 1.82) is 0 Å². The van der Waals surface area contributed by atoms with Crippen LogP contribution in [0.1, 0.15) is 38.2 Å². The highest BCUT2D eigenvalue weighted by molar-refractivity contribution is 5.14. The highest BCUT2D eigenvalue weighted by atomic mass is 16.3. The molecule has 2 N–H and O–H groups in total. The summed E-state index contributed by atoms with van der Waals surface area (Å²) in [6.07, 6.45) is 5.17. The molecule has 0 aromatic heterocycles. The van der Waals surface area contributed by atoms with E-state index in [1.807, 2.05) is 0 Å². The van der Waals surface area contributed by atoms with Crippen molar-refractivity contribution in [3.05, 3.63) is 35.9 Å². The maximum absolute atomic E-state index is 9.34. The van der Waals surface area contributed by atoms with E-state index in [1.54, 1.807) is 0 Å². The summed E-state index contributed by atoms with van der Waals surface area (Å²) >= 11 is 0. The molecule has 0 radical (unpaired) electrons. The first-order valence-corrected chi connectivity index (χ1v) is 8.44. The minimum atomic E-state index is 0.243. The van der Waals surface area contributed by atoms with Crippen molar-refractivity contribution in [3.8, 4) is 0 Å². The molecule has 2 rings (SSSR count). The van der Waals surface area contributed by atoms with E-state index in [4.69, 9.17) is 0 Å². The summed E-state index contributed by atoms with van der Waals surface area (Å²) in [5, 5.41) is 13.0. The highest BCUT2D eigenvalue weighted by Gasteiger charge is 2.28. The molecule has 0 amide bonds. The van der Waals surface area contributed by atoms with Crippen LogP contribution in [0.25, 0.3) is 0 Å². The van der Waals surface area contributed by atoms with Crippen LogP contribution in [0.3, 0.4) is 0 Å². The number of aliphatic hydroxyl groups excluding tert-OH is 1. The maximum atomic E-state index is 9.34. The first-order valence-electron chi connectivity index (χ1n) is 8.44. The van der Waals surface area contributed by atoms with E-state index in [1.165, 1.54) is 31.2 Å². The number of nitrogens with zero attached hydrogens (tertiary/aromatic N) is 1. The smallest absolute Gasteiger partial charge is 0.0558 e. The Morgan fingerprint density at radius 3 is 2.76 bits per heavy atom. The number of nitrogens with one attached hydrogen (secondary N) is 1. The third kappa shape index (κ3) is 5.42. The lowest BCUT2D eigenvalue weighted by Crippen LogP contribution is -2.40. The van der Waals surface area contributed by atoms with Crippen LogP contribution in [-0.4, -0.2) is 42.3 Å². The van der Waals surface area contributed by atoms with E-state index >= 15 is 0 Å². The second kappa shape index (κ2) is 9.19. The summed E-state index contributed by atoms with van der Waals surface area (Å²) < 4.78 is 0. The second-order valence-electron chi connectivity index (χ2n) is 6.20. The largest absolute Gasteiger partial charge is 0.395 e. The van der Waals surface area contributed by atoms with Gasteiger partial charge < -0.3 is 10.4 Å². The molecule has 2 atom stereocenters. The molecule has 0 bridgehead atoms. The summed E-state index contributed by atoms with van der Waals surface area (Å²) in [5.41, 5.74) is 1.34. The molecule has 21 heavy (non-hydrogen) atoms. The van der Waals surface area contributed by atoms with E-state index in [-0.39, 0.29) is 6.61 Å². The minimum absolute atomic E-state index is 0.243. The number of hydrogen-bond acceptors (Lipinski definition) is 3. The molecule has 0 spiro atoms. The van der Waals surface area contributed by atoms with E-state index in [9.17, 15) is 5.11 Å². The van der Waals surface area contributed by atoms with Crippen molar-refractivity contribution in [3.63, 3.8) is 0 Å². The lowest BCUT2D eigenvalue weighted by Gasteiger charge is -2.28. The van der Waals surface area contributed by atoms with Gasteiger partial charge in [-0.3, -0.25) is 4.90 Å². The Bertz CT molecular complexity index is 382. The molecule has 0 aliphatic heterocycles. The Labute approximate surface area is 129 Å². The molecular weight excluding hydrogens is 260 g/mol. The summed E-state index contributed by atoms with van der Waals surface area (Å²) in [6.45, 7) is 6.40. The Hall–Kier alpha value is -0.900. The summed E-state index contributed by atoms with van der Waals surface area (Å²) in [6, 6.07) is 11.3. The first kappa shape index (κ1) is 16.5. The Balaban J connectivity index is 1.89. The predicted octanol–water partition coefficient (Wildman–Crippen LogP) is 2.65. The molecule has 118 valence electrons. The number of hydrogen-bond donors (Lipinski definition) is 2. The van der Waals surface area contributed by atoms with Crippen LogP contribution in [0, 0.1) is 5.92 Å². The average molecular weight is 290 g/mol. The lowest BCUT2D eigenvalue weighted by molar-refractivity contribution is 0.161. The summed E-state index contributed by atoms with van der Waals surface area (Å²) in [5.74, 6) is 0.729. The molecule has 1 fully saturated rings. The molecule has 1 saturated carbocycles. The van der Waals surface area contributed by atoms with Crippen molar-refractivity contribution in [1.82, 2.24) is 10.2 Å². The third-order valence-corrected chi connectivity index (χ3v) is 4.47. The van der Waals surface area contributed by atoms with Crippen LogP contribution in [-0.2, 0) is 6.54 Å². The summed E-state index contributed by atoms with van der Waals surface area (Å²) in [4.78, 5) is 2.41. The number of benzene rings is 1. The lowest BCUT2D eigenvalue weighted by atomic mass is 10.0. The van der Waals surface area contributed by atoms with E-state index in [0.29, 0.717) is 6.04 Å². The fourth-order valence-electron chi connectivity index (χ4n) is 3.40. The van der Waals surface area contributed by atoms with E-state index in [0.717, 1.165) is 32.1 Å². The molecule has 1 aromatic carbocycles. The highest BCUT2D eigenvalue weighted by Crippen LogP contribution is 2.27. The van der Waals surface area contributed by atoms with Gasteiger partial charge in [0.25, 0.3) is 0 Å². The van der Waals surface area contributed by atoms with Crippen LogP contribution in [0.2, 0.25) is 0 Å². The van der Waals surface area contributed by atoms with Gasteiger partial charge in [-0.2, -0.15) is 0 Å². The zero-order valence-electron chi connectivity index (χ0n) is 13.3. The predicted molar refractivity (Wildman–Crippen MR) is 88.2 cm³/mol. The Kier molecular flexibility index (Phi) is 7.20. The van der Waals surface area contributed by atoms with Gasteiger partial charge in [-0.1, -0.05) is 43.7 Å². The summed E-state index contributed by atoms with van der Waals surface area (Å²) in [7, 11) is 0. The zero-order chi connectivity index (χ0) is 14.9. The molecular formula is C18H30N2O. The van der Waals surface area contributed by atoms with Crippen LogP contribution >= 0.6 is 0 Å². The van der Waals surface area contributed by atoms with Crippen LogP contribution in [0.5, 0.6) is 0 Å². The van der Waals surface area contributed by atoms with Gasteiger partial charge in [0.2, 0.25) is 0 Å². The fraction of sp³-hybridized carbons (Fsp3) is 0.667. The fourth-order valence-corrected chi connectivity index (χ4v) is 3.40. The van der Waals surface area contributed by atoms with Gasteiger partial charge in [0.05, 0.1) is 6.61 Å². The topological polar surface area (TPSA) is 35.5 Å². The van der Waals surface area contributed by atoms with Crippen molar-refractivity contribution < 1.29 is 5.11 Å². The monoisotopic (exact) mass is 290 g/mol. The molecule has 0 heterocycles. The number of aliphatic hydroxyl groups is 1. The molecule has 1 aromatic rings. The van der Waals surface area contributed by atoms with E-state index < -0.39 is 0 Å². The van der Waals surface area contributed by atoms with Crippen LogP contribution in [0.15, 0.2) is 30.3 Å². The van der Waals surface area contributed by atoms with Crippen molar-refractivity contribution in [2.75, 3.05) is 26.2 Å². The molecule has 0 saturated heterocycles. The van der Waals surface area contributed by atoms with Gasteiger partial charge in [0.15, 0.2) is 0 Å². The maximum Gasteiger partial charge on any atom is 0.0558 e. The molecule has 2 unspecified atom stereocenters. The van der Waals surface area contributed by atoms with Crippen LogP contribution in [0.4, 0.5) is 0 Å². The van der Waals surface area contributed by atoms with Crippen molar-refractivity contribution >= 4 is 0 Å². The van der Waals surface area contributed by atoms with Gasteiger partial charge in [0.1, 0.15) is 0 Å². The van der Waals surface area contributed by atoms with Gasteiger partial charge >= 0.3 is 0 Å². The van der Waals surface area contributed by atoms with Crippen molar-refractivity contribution in [2.24, 2.45) is 5.92 Å². The molecule has 1 aliphatic rings. The SMILES string of the molecule is CCCNC1CCCC1CN(CCO)Cc1ccccc1. The molecule has 3 heteroatoms. The average Bonchev–Trinajstić information content (AvgIpc) is 2.93. The first-order chi connectivity index (χ1) is 10.3. The van der Waals surface area contributed by atoms with Crippen molar-refractivity contribution in [2.45, 2.75) is 45.2 Å². The standard InChI is InChI=1S/C18H30N2O/c1-2-11-19-18-10-6-9-17(18)15-20(12-13-21)14-16-7-4-3-5-8-16/h3-5,7-8,17-19,21H,2,6,9-15H2,1H3. The van der Waals surface area contributed by atoms with Gasteiger partial charge in [0, 0.05) is 25.7 Å².